The van der Waals surface area contributed by atoms with Crippen LogP contribution in [0.5, 0.6) is 5.75 Å². The normalized spacial score (nSPS) is 11.8. The lowest BCUT2D eigenvalue weighted by Gasteiger charge is -2.33. The molecule has 0 aromatic heterocycles. The highest BCUT2D eigenvalue weighted by Crippen LogP contribution is 2.26. The van der Waals surface area contributed by atoms with E-state index >= 15 is 0 Å². The van der Waals surface area contributed by atoms with E-state index in [0.717, 1.165) is 33.1 Å². The van der Waals surface area contributed by atoms with Gasteiger partial charge >= 0.3 is 0 Å². The minimum absolute atomic E-state index is 0.0608. The van der Waals surface area contributed by atoms with Crippen LogP contribution >= 0.6 is 0 Å². The van der Waals surface area contributed by atoms with E-state index in [2.05, 4.69) is 5.32 Å². The van der Waals surface area contributed by atoms with Gasteiger partial charge in [-0.25, -0.2) is 12.8 Å². The number of hydrogen-bond donors (Lipinski definition) is 1. The second-order valence-electron chi connectivity index (χ2n) is 9.99. The number of ether oxygens (including phenoxy) is 1. The summed E-state index contributed by atoms with van der Waals surface area (Å²) in [5, 5.41) is 2.66. The first-order chi connectivity index (χ1) is 20.6. The van der Waals surface area contributed by atoms with Gasteiger partial charge in [0.05, 0.1) is 17.7 Å². The second kappa shape index (κ2) is 14.0. The highest BCUT2D eigenvalue weighted by Gasteiger charge is 2.34. The zero-order valence-electron chi connectivity index (χ0n) is 24.2. The molecule has 0 saturated carbocycles. The zero-order valence-corrected chi connectivity index (χ0v) is 25.1. The highest BCUT2D eigenvalue weighted by molar-refractivity contribution is 7.92. The first-order valence-electron chi connectivity index (χ1n) is 13.6. The van der Waals surface area contributed by atoms with Crippen LogP contribution in [0.1, 0.15) is 16.7 Å². The number of benzene rings is 4. The van der Waals surface area contributed by atoms with Gasteiger partial charge in [0.1, 0.15) is 24.2 Å². The van der Waals surface area contributed by atoms with Crippen molar-refractivity contribution in [1.29, 1.82) is 0 Å². The van der Waals surface area contributed by atoms with E-state index in [0.29, 0.717) is 5.75 Å². The number of amides is 2. The predicted molar refractivity (Wildman–Crippen MR) is 164 cm³/mol. The fourth-order valence-electron chi connectivity index (χ4n) is 4.74. The number of hydrogen-bond acceptors (Lipinski definition) is 5. The summed E-state index contributed by atoms with van der Waals surface area (Å²) in [6.45, 7) is 1.35. The molecule has 43 heavy (non-hydrogen) atoms. The molecule has 1 atom stereocenters. The molecule has 4 rings (SSSR count). The molecule has 0 saturated heterocycles. The van der Waals surface area contributed by atoms with E-state index in [1.54, 1.807) is 0 Å². The van der Waals surface area contributed by atoms with Crippen molar-refractivity contribution in [2.75, 3.05) is 25.0 Å². The van der Waals surface area contributed by atoms with Crippen molar-refractivity contribution in [2.24, 2.45) is 0 Å². The molecule has 4 aromatic carbocycles. The number of rotatable bonds is 12. The first kappa shape index (κ1) is 31.2. The van der Waals surface area contributed by atoms with Crippen molar-refractivity contribution in [3.63, 3.8) is 0 Å². The van der Waals surface area contributed by atoms with Crippen LogP contribution in [0, 0.1) is 12.7 Å². The van der Waals surface area contributed by atoms with Crippen molar-refractivity contribution in [1.82, 2.24) is 10.2 Å². The summed E-state index contributed by atoms with van der Waals surface area (Å²) >= 11 is 0. The van der Waals surface area contributed by atoms with Gasteiger partial charge in [0.25, 0.3) is 10.0 Å². The molecule has 0 aliphatic heterocycles. The van der Waals surface area contributed by atoms with Gasteiger partial charge in [-0.1, -0.05) is 60.2 Å². The van der Waals surface area contributed by atoms with Gasteiger partial charge in [0.15, 0.2) is 0 Å². The maximum Gasteiger partial charge on any atom is 0.264 e. The van der Waals surface area contributed by atoms with Crippen LogP contribution in [0.25, 0.3) is 0 Å². The van der Waals surface area contributed by atoms with E-state index in [-0.39, 0.29) is 23.5 Å². The Kier molecular flexibility index (Phi) is 10.2. The zero-order chi connectivity index (χ0) is 31.0. The molecule has 2 amide bonds. The number of sulfonamides is 1. The molecular formula is C33H34FN3O5S. The van der Waals surface area contributed by atoms with Gasteiger partial charge < -0.3 is 15.0 Å². The maximum absolute atomic E-state index is 14.3. The largest absolute Gasteiger partial charge is 0.497 e. The molecule has 4 aromatic rings. The fourth-order valence-corrected chi connectivity index (χ4v) is 6.15. The molecule has 0 radical (unpaired) electrons. The summed E-state index contributed by atoms with van der Waals surface area (Å²) in [6, 6.07) is 26.5. The van der Waals surface area contributed by atoms with Crippen molar-refractivity contribution < 1.29 is 27.1 Å². The number of likely N-dealkylation sites (N-methyl/N-ethyl adjacent to an activating group) is 1. The third-order valence-electron chi connectivity index (χ3n) is 6.99. The molecule has 1 unspecified atom stereocenters. The standard InChI is InChI=1S/C33H34FN3O5S/c1-24-8-7-11-26(20-24)22-36(31(33(39)35-2)21-25-9-5-4-6-10-25)32(38)23-37(28-14-12-27(34)13-15-28)43(40,41)30-18-16-29(42-3)17-19-30/h4-20,31H,21-23H2,1-3H3,(H,35,39). The van der Waals surface area contributed by atoms with E-state index in [9.17, 15) is 22.4 Å². The van der Waals surface area contributed by atoms with Gasteiger partial charge in [-0.3, -0.25) is 13.9 Å². The van der Waals surface area contributed by atoms with Crippen LogP contribution < -0.4 is 14.4 Å². The minimum Gasteiger partial charge on any atom is -0.497 e. The van der Waals surface area contributed by atoms with Crippen LogP contribution in [0.15, 0.2) is 108 Å². The van der Waals surface area contributed by atoms with Gasteiger partial charge in [-0.15, -0.1) is 0 Å². The van der Waals surface area contributed by atoms with E-state index in [1.807, 2.05) is 61.5 Å². The lowest BCUT2D eigenvalue weighted by molar-refractivity contribution is -0.139. The average Bonchev–Trinajstić information content (AvgIpc) is 3.02. The Morgan fingerprint density at radius 3 is 2.14 bits per heavy atom. The topological polar surface area (TPSA) is 96.0 Å². The molecule has 224 valence electrons. The Balaban J connectivity index is 1.78. The van der Waals surface area contributed by atoms with Crippen molar-refractivity contribution in [3.8, 4) is 5.75 Å². The van der Waals surface area contributed by atoms with Crippen molar-refractivity contribution >= 4 is 27.5 Å². The number of aryl methyl sites for hydroxylation is 1. The second-order valence-corrected chi connectivity index (χ2v) is 11.9. The number of carbonyl (C=O) groups excluding carboxylic acids is 2. The van der Waals surface area contributed by atoms with E-state index < -0.39 is 40.2 Å². The maximum atomic E-state index is 14.3. The van der Waals surface area contributed by atoms with Crippen LogP contribution in [0.4, 0.5) is 10.1 Å². The van der Waals surface area contributed by atoms with Gasteiger partial charge in [0, 0.05) is 20.0 Å². The van der Waals surface area contributed by atoms with Crippen LogP contribution in [0.3, 0.4) is 0 Å². The molecule has 0 fully saturated rings. The lowest BCUT2D eigenvalue weighted by Crippen LogP contribution is -2.53. The number of methoxy groups -OCH3 is 1. The predicted octanol–water partition coefficient (Wildman–Crippen LogP) is 4.72. The Bertz CT molecular complexity index is 1650. The summed E-state index contributed by atoms with van der Waals surface area (Å²) in [4.78, 5) is 28.9. The SMILES string of the molecule is CNC(=O)C(Cc1ccccc1)N(Cc1cccc(C)c1)C(=O)CN(c1ccc(F)cc1)S(=O)(=O)c1ccc(OC)cc1. The fraction of sp³-hybridized carbons (Fsp3) is 0.212. The van der Waals surface area contributed by atoms with Crippen LogP contribution in [-0.4, -0.2) is 51.9 Å². The highest BCUT2D eigenvalue weighted by atomic mass is 32.2. The Morgan fingerprint density at radius 1 is 0.884 bits per heavy atom. The van der Waals surface area contributed by atoms with Gasteiger partial charge in [0.2, 0.25) is 11.8 Å². The molecule has 0 bridgehead atoms. The first-order valence-corrected chi connectivity index (χ1v) is 15.1. The van der Waals surface area contributed by atoms with Crippen molar-refractivity contribution in [2.45, 2.75) is 30.8 Å². The molecule has 0 aliphatic carbocycles. The van der Waals surface area contributed by atoms with Gasteiger partial charge in [-0.2, -0.15) is 0 Å². The molecule has 0 spiro atoms. The summed E-state index contributed by atoms with van der Waals surface area (Å²) in [5.74, 6) is -1.09. The number of anilines is 1. The summed E-state index contributed by atoms with van der Waals surface area (Å²) in [7, 11) is -1.34. The third-order valence-corrected chi connectivity index (χ3v) is 8.78. The van der Waals surface area contributed by atoms with Crippen LogP contribution in [-0.2, 0) is 32.6 Å². The van der Waals surface area contributed by atoms with E-state index in [1.165, 1.54) is 55.5 Å². The number of nitrogens with zero attached hydrogens (tertiary/aromatic N) is 2. The molecule has 8 nitrogen and oxygen atoms in total. The van der Waals surface area contributed by atoms with Crippen molar-refractivity contribution in [3.05, 3.63) is 126 Å². The molecule has 0 heterocycles. The van der Waals surface area contributed by atoms with Gasteiger partial charge in [-0.05, 0) is 66.6 Å². The molecular weight excluding hydrogens is 569 g/mol. The molecule has 10 heteroatoms. The third kappa shape index (κ3) is 7.78. The Hall–Kier alpha value is -4.70. The van der Waals surface area contributed by atoms with E-state index in [4.69, 9.17) is 4.74 Å². The number of halogens is 1. The minimum atomic E-state index is -4.30. The average molecular weight is 604 g/mol. The van der Waals surface area contributed by atoms with Crippen LogP contribution in [0.2, 0.25) is 0 Å². The Labute approximate surface area is 251 Å². The number of carbonyl (C=O) groups is 2. The lowest BCUT2D eigenvalue weighted by atomic mass is 10.0. The number of nitrogens with one attached hydrogen (secondary N) is 1. The molecule has 1 N–H and O–H groups in total. The summed E-state index contributed by atoms with van der Waals surface area (Å²) in [6.07, 6.45) is 0.208. The quantitative estimate of drug-likeness (QED) is 0.253. The smallest absolute Gasteiger partial charge is 0.264 e. The molecule has 0 aliphatic rings. The monoisotopic (exact) mass is 603 g/mol. The Morgan fingerprint density at radius 2 is 1.53 bits per heavy atom. The summed E-state index contributed by atoms with van der Waals surface area (Å²) < 4.78 is 47.9. The summed E-state index contributed by atoms with van der Waals surface area (Å²) in [5.41, 5.74) is 2.68.